The number of nitrogens with two attached hydrogens (primary N) is 1. The van der Waals surface area contributed by atoms with E-state index in [4.69, 9.17) is 5.73 Å². The van der Waals surface area contributed by atoms with Crippen LogP contribution in [0.4, 0.5) is 11.4 Å². The van der Waals surface area contributed by atoms with Gasteiger partial charge in [-0.25, -0.2) is 0 Å². The van der Waals surface area contributed by atoms with Crippen LogP contribution in [-0.2, 0) is 0 Å². The van der Waals surface area contributed by atoms with Crippen molar-refractivity contribution in [1.29, 1.82) is 0 Å². The minimum atomic E-state index is 0.800. The maximum atomic E-state index is 5.83. The first-order valence-electron chi connectivity index (χ1n) is 7.01. The van der Waals surface area contributed by atoms with Crippen LogP contribution in [0, 0.1) is 12.8 Å². The van der Waals surface area contributed by atoms with E-state index in [1.54, 1.807) is 0 Å². The van der Waals surface area contributed by atoms with E-state index < -0.39 is 0 Å². The molecule has 0 spiro atoms. The lowest BCUT2D eigenvalue weighted by atomic mass is 9.96. The van der Waals surface area contributed by atoms with Crippen LogP contribution < -0.4 is 11.1 Å². The highest BCUT2D eigenvalue weighted by molar-refractivity contribution is 5.59. The number of nitrogens with one attached hydrogen (secondary N) is 1. The Morgan fingerprint density at radius 1 is 1.33 bits per heavy atom. The molecule has 1 saturated heterocycles. The number of rotatable bonds is 4. The Labute approximate surface area is 110 Å². The molecule has 0 atom stereocenters. The van der Waals surface area contributed by atoms with E-state index in [-0.39, 0.29) is 0 Å². The van der Waals surface area contributed by atoms with Gasteiger partial charge in [-0.15, -0.1) is 0 Å². The molecule has 1 aromatic rings. The van der Waals surface area contributed by atoms with Crippen molar-refractivity contribution in [2.75, 3.05) is 37.2 Å². The molecule has 1 aliphatic heterocycles. The van der Waals surface area contributed by atoms with Crippen LogP contribution in [0.3, 0.4) is 0 Å². The summed E-state index contributed by atoms with van der Waals surface area (Å²) in [6.07, 6.45) is 2.62. The summed E-state index contributed by atoms with van der Waals surface area (Å²) in [5.41, 5.74) is 9.12. The quantitative estimate of drug-likeness (QED) is 0.804. The minimum absolute atomic E-state index is 0.800. The van der Waals surface area contributed by atoms with Gasteiger partial charge in [-0.2, -0.15) is 0 Å². The number of nitrogen functional groups attached to an aromatic ring is 1. The Morgan fingerprint density at radius 3 is 2.72 bits per heavy atom. The van der Waals surface area contributed by atoms with Gasteiger partial charge in [0.25, 0.3) is 0 Å². The van der Waals surface area contributed by atoms with Crippen molar-refractivity contribution in [2.45, 2.75) is 26.7 Å². The van der Waals surface area contributed by atoms with Gasteiger partial charge in [-0.05, 0) is 63.0 Å². The SMILES string of the molecule is CCN1CCC(CNc2cc(N)ccc2C)CC1. The normalized spacial score (nSPS) is 17.9. The summed E-state index contributed by atoms with van der Waals surface area (Å²) in [6, 6.07) is 6.08. The minimum Gasteiger partial charge on any atom is -0.399 e. The topological polar surface area (TPSA) is 41.3 Å². The predicted octanol–water partition coefficient (Wildman–Crippen LogP) is 2.72. The van der Waals surface area contributed by atoms with Gasteiger partial charge in [0.05, 0.1) is 0 Å². The lowest BCUT2D eigenvalue weighted by Crippen LogP contribution is -2.35. The molecular weight excluding hydrogens is 222 g/mol. The second-order valence-electron chi connectivity index (χ2n) is 5.33. The third-order valence-electron chi connectivity index (χ3n) is 4.00. The van der Waals surface area contributed by atoms with Gasteiger partial charge in [0.2, 0.25) is 0 Å². The number of aryl methyl sites for hydroxylation is 1. The molecule has 1 aromatic carbocycles. The predicted molar refractivity (Wildman–Crippen MR) is 78.9 cm³/mol. The number of hydrogen-bond acceptors (Lipinski definition) is 3. The molecule has 0 bridgehead atoms. The Bertz CT molecular complexity index is 381. The number of likely N-dealkylation sites (tertiary alicyclic amines) is 1. The Hall–Kier alpha value is -1.22. The van der Waals surface area contributed by atoms with Gasteiger partial charge in [-0.3, -0.25) is 0 Å². The highest BCUT2D eigenvalue weighted by Crippen LogP contribution is 2.21. The number of piperidine rings is 1. The van der Waals surface area contributed by atoms with Gasteiger partial charge in [-0.1, -0.05) is 13.0 Å². The molecule has 2 rings (SSSR count). The lowest BCUT2D eigenvalue weighted by Gasteiger charge is -2.31. The first-order valence-corrected chi connectivity index (χ1v) is 7.01. The average molecular weight is 247 g/mol. The van der Waals surface area contributed by atoms with E-state index in [1.165, 1.54) is 43.7 Å². The summed E-state index contributed by atoms with van der Waals surface area (Å²) in [5.74, 6) is 0.800. The zero-order valence-electron chi connectivity index (χ0n) is 11.6. The van der Waals surface area contributed by atoms with Crippen molar-refractivity contribution in [3.63, 3.8) is 0 Å². The summed E-state index contributed by atoms with van der Waals surface area (Å²) >= 11 is 0. The van der Waals surface area contributed by atoms with E-state index in [2.05, 4.69) is 30.1 Å². The Morgan fingerprint density at radius 2 is 2.06 bits per heavy atom. The molecule has 0 unspecified atom stereocenters. The van der Waals surface area contributed by atoms with Crippen LogP contribution in [0.15, 0.2) is 18.2 Å². The zero-order chi connectivity index (χ0) is 13.0. The monoisotopic (exact) mass is 247 g/mol. The van der Waals surface area contributed by atoms with E-state index in [0.29, 0.717) is 0 Å². The molecule has 0 aromatic heterocycles. The maximum Gasteiger partial charge on any atom is 0.0390 e. The van der Waals surface area contributed by atoms with Gasteiger partial charge in [0.1, 0.15) is 0 Å². The van der Waals surface area contributed by atoms with Crippen molar-refractivity contribution in [2.24, 2.45) is 5.92 Å². The second-order valence-corrected chi connectivity index (χ2v) is 5.33. The summed E-state index contributed by atoms with van der Waals surface area (Å²) in [7, 11) is 0. The molecule has 100 valence electrons. The molecule has 1 aliphatic rings. The van der Waals surface area contributed by atoms with Gasteiger partial charge in [0, 0.05) is 17.9 Å². The number of benzene rings is 1. The molecule has 0 radical (unpaired) electrons. The van der Waals surface area contributed by atoms with Crippen LogP contribution in [-0.4, -0.2) is 31.1 Å². The van der Waals surface area contributed by atoms with Crippen molar-refractivity contribution in [3.05, 3.63) is 23.8 Å². The van der Waals surface area contributed by atoms with E-state index in [0.717, 1.165) is 18.2 Å². The highest BCUT2D eigenvalue weighted by Gasteiger charge is 2.17. The van der Waals surface area contributed by atoms with Crippen LogP contribution in [0.25, 0.3) is 0 Å². The van der Waals surface area contributed by atoms with Crippen molar-refractivity contribution >= 4 is 11.4 Å². The number of hydrogen-bond donors (Lipinski definition) is 2. The number of nitrogens with zero attached hydrogens (tertiary/aromatic N) is 1. The Kier molecular flexibility index (Phi) is 4.48. The zero-order valence-corrected chi connectivity index (χ0v) is 11.6. The second kappa shape index (κ2) is 6.10. The third-order valence-corrected chi connectivity index (χ3v) is 4.00. The molecule has 0 amide bonds. The molecule has 3 N–H and O–H groups in total. The molecule has 1 fully saturated rings. The molecule has 0 saturated carbocycles. The summed E-state index contributed by atoms with van der Waals surface area (Å²) in [5, 5.41) is 3.56. The molecule has 0 aliphatic carbocycles. The van der Waals surface area contributed by atoms with E-state index in [9.17, 15) is 0 Å². The molecule has 3 nitrogen and oxygen atoms in total. The average Bonchev–Trinajstić information content (AvgIpc) is 2.40. The highest BCUT2D eigenvalue weighted by atomic mass is 15.1. The smallest absolute Gasteiger partial charge is 0.0390 e. The van der Waals surface area contributed by atoms with Crippen molar-refractivity contribution in [1.82, 2.24) is 4.90 Å². The Balaban J connectivity index is 1.83. The van der Waals surface area contributed by atoms with Crippen LogP contribution >= 0.6 is 0 Å². The van der Waals surface area contributed by atoms with Crippen molar-refractivity contribution < 1.29 is 0 Å². The van der Waals surface area contributed by atoms with Crippen LogP contribution in [0.1, 0.15) is 25.3 Å². The number of anilines is 2. The molecule has 3 heteroatoms. The van der Waals surface area contributed by atoms with E-state index >= 15 is 0 Å². The molecule has 18 heavy (non-hydrogen) atoms. The van der Waals surface area contributed by atoms with Crippen LogP contribution in [0.2, 0.25) is 0 Å². The summed E-state index contributed by atoms with van der Waals surface area (Å²) in [4.78, 5) is 2.53. The lowest BCUT2D eigenvalue weighted by molar-refractivity contribution is 0.198. The largest absolute Gasteiger partial charge is 0.399 e. The summed E-state index contributed by atoms with van der Waals surface area (Å²) < 4.78 is 0. The van der Waals surface area contributed by atoms with Gasteiger partial charge < -0.3 is 16.0 Å². The van der Waals surface area contributed by atoms with Crippen LogP contribution in [0.5, 0.6) is 0 Å². The maximum absolute atomic E-state index is 5.83. The third kappa shape index (κ3) is 3.39. The fourth-order valence-corrected chi connectivity index (χ4v) is 2.59. The first kappa shape index (κ1) is 13.2. The fourth-order valence-electron chi connectivity index (χ4n) is 2.59. The molecular formula is C15H25N3. The van der Waals surface area contributed by atoms with Gasteiger partial charge in [0.15, 0.2) is 0 Å². The summed E-state index contributed by atoms with van der Waals surface area (Å²) in [6.45, 7) is 9.13. The van der Waals surface area contributed by atoms with E-state index in [1.807, 2.05) is 12.1 Å². The van der Waals surface area contributed by atoms with Crippen molar-refractivity contribution in [3.8, 4) is 0 Å². The van der Waals surface area contributed by atoms with Gasteiger partial charge >= 0.3 is 0 Å². The standard InChI is InChI=1S/C15H25N3/c1-3-18-8-6-13(7-9-18)11-17-15-10-14(16)5-4-12(15)2/h4-5,10,13,17H,3,6-9,11,16H2,1-2H3. The molecule has 1 heterocycles. The fraction of sp³-hybridized carbons (Fsp3) is 0.600. The first-order chi connectivity index (χ1) is 8.69.